The van der Waals surface area contributed by atoms with Crippen molar-refractivity contribution < 1.29 is 13.2 Å². The van der Waals surface area contributed by atoms with E-state index in [4.69, 9.17) is 9.88 Å². The normalized spacial score (nSPS) is 16.4. The van der Waals surface area contributed by atoms with Crippen LogP contribution in [0.5, 0.6) is 5.75 Å². The fourth-order valence-electron chi connectivity index (χ4n) is 1.13. The first-order valence-electron chi connectivity index (χ1n) is 4.31. The molecule has 0 saturated heterocycles. The van der Waals surface area contributed by atoms with E-state index in [1.54, 1.807) is 0 Å². The minimum absolute atomic E-state index is 0.0376. The number of nitrogens with zero attached hydrogens (tertiary/aromatic N) is 1. The Kier molecular flexibility index (Phi) is 2.70. The van der Waals surface area contributed by atoms with Crippen LogP contribution in [0.15, 0.2) is 21.8 Å². The standard InChI is InChI=1S/C8H9BrN2O3S/c9-6-3-11-4-7(14-5-1-2-5)8(6)15(10,12)13/h3-5H,1-2H2,(H2,10,12,13). The summed E-state index contributed by atoms with van der Waals surface area (Å²) in [7, 11) is -3.79. The zero-order valence-electron chi connectivity index (χ0n) is 7.68. The molecule has 1 aliphatic carbocycles. The van der Waals surface area contributed by atoms with Gasteiger partial charge in [0.2, 0.25) is 10.0 Å². The van der Waals surface area contributed by atoms with Crippen LogP contribution in [-0.4, -0.2) is 19.5 Å². The number of halogens is 1. The summed E-state index contributed by atoms with van der Waals surface area (Å²) in [6, 6.07) is 0. The molecule has 1 aromatic heterocycles. The number of nitrogens with two attached hydrogens (primary N) is 1. The van der Waals surface area contributed by atoms with E-state index in [9.17, 15) is 8.42 Å². The van der Waals surface area contributed by atoms with Gasteiger partial charge in [0.1, 0.15) is 4.90 Å². The molecule has 7 heteroatoms. The third kappa shape index (κ3) is 2.47. The molecule has 5 nitrogen and oxygen atoms in total. The molecule has 1 aromatic rings. The zero-order valence-corrected chi connectivity index (χ0v) is 10.1. The molecule has 0 amide bonds. The van der Waals surface area contributed by atoms with E-state index in [0.717, 1.165) is 12.8 Å². The first-order valence-corrected chi connectivity index (χ1v) is 6.65. The lowest BCUT2D eigenvalue weighted by Gasteiger charge is -2.09. The molecule has 0 atom stereocenters. The molecule has 1 saturated carbocycles. The van der Waals surface area contributed by atoms with E-state index in [0.29, 0.717) is 4.47 Å². The van der Waals surface area contributed by atoms with Gasteiger partial charge in [-0.2, -0.15) is 0 Å². The highest BCUT2D eigenvalue weighted by atomic mass is 79.9. The summed E-state index contributed by atoms with van der Waals surface area (Å²) in [6.45, 7) is 0. The Bertz CT molecular complexity index is 485. The van der Waals surface area contributed by atoms with Crippen molar-refractivity contribution in [2.45, 2.75) is 23.8 Å². The summed E-state index contributed by atoms with van der Waals surface area (Å²) in [5.74, 6) is 0.217. The molecular formula is C8H9BrN2O3S. The molecule has 0 bridgehead atoms. The number of pyridine rings is 1. The molecule has 1 aliphatic rings. The molecule has 0 radical (unpaired) electrons. The SMILES string of the molecule is NS(=O)(=O)c1c(Br)cncc1OC1CC1. The first-order chi connectivity index (χ1) is 6.98. The van der Waals surface area contributed by atoms with Crippen molar-refractivity contribution >= 4 is 26.0 Å². The van der Waals surface area contributed by atoms with Crippen molar-refractivity contribution in [3.05, 3.63) is 16.9 Å². The number of ether oxygens (including phenoxy) is 1. The number of sulfonamides is 1. The van der Waals surface area contributed by atoms with Crippen molar-refractivity contribution in [1.82, 2.24) is 4.98 Å². The lowest BCUT2D eigenvalue weighted by molar-refractivity contribution is 0.293. The van der Waals surface area contributed by atoms with Crippen molar-refractivity contribution in [2.75, 3.05) is 0 Å². The van der Waals surface area contributed by atoms with E-state index < -0.39 is 10.0 Å². The summed E-state index contributed by atoms with van der Waals surface area (Å²) in [5, 5.41) is 5.09. The van der Waals surface area contributed by atoms with Crippen LogP contribution in [0.4, 0.5) is 0 Å². The number of hydrogen-bond donors (Lipinski definition) is 1. The first kappa shape index (κ1) is 10.8. The molecule has 82 valence electrons. The molecule has 15 heavy (non-hydrogen) atoms. The maximum Gasteiger partial charge on any atom is 0.242 e. The highest BCUT2D eigenvalue weighted by Gasteiger charge is 2.27. The Balaban J connectivity index is 2.47. The second kappa shape index (κ2) is 3.73. The summed E-state index contributed by atoms with van der Waals surface area (Å²) in [6.07, 6.45) is 4.72. The number of hydrogen-bond acceptors (Lipinski definition) is 4. The van der Waals surface area contributed by atoms with Gasteiger partial charge >= 0.3 is 0 Å². The monoisotopic (exact) mass is 292 g/mol. The highest BCUT2D eigenvalue weighted by molar-refractivity contribution is 9.10. The van der Waals surface area contributed by atoms with Crippen LogP contribution < -0.4 is 9.88 Å². The van der Waals surface area contributed by atoms with Crippen LogP contribution in [0, 0.1) is 0 Å². The van der Waals surface area contributed by atoms with Gasteiger partial charge in [-0.1, -0.05) is 0 Å². The summed E-state index contributed by atoms with van der Waals surface area (Å²) >= 11 is 3.09. The summed E-state index contributed by atoms with van der Waals surface area (Å²) < 4.78 is 28.4. The van der Waals surface area contributed by atoms with Crippen LogP contribution in [-0.2, 0) is 10.0 Å². The number of rotatable bonds is 3. The lowest BCUT2D eigenvalue weighted by Crippen LogP contribution is -2.15. The van der Waals surface area contributed by atoms with E-state index >= 15 is 0 Å². The molecule has 2 rings (SSSR count). The van der Waals surface area contributed by atoms with Crippen molar-refractivity contribution in [2.24, 2.45) is 5.14 Å². The fraction of sp³-hybridized carbons (Fsp3) is 0.375. The average Bonchev–Trinajstić information content (AvgIpc) is 2.85. The fourth-order valence-corrected chi connectivity index (χ4v) is 2.83. The van der Waals surface area contributed by atoms with Gasteiger partial charge in [-0.25, -0.2) is 13.6 Å². The van der Waals surface area contributed by atoms with E-state index in [2.05, 4.69) is 20.9 Å². The molecule has 1 heterocycles. The Morgan fingerprint density at radius 1 is 1.47 bits per heavy atom. The average molecular weight is 293 g/mol. The van der Waals surface area contributed by atoms with Crippen LogP contribution in [0.25, 0.3) is 0 Å². The van der Waals surface area contributed by atoms with Crippen LogP contribution in [0.3, 0.4) is 0 Å². The quantitative estimate of drug-likeness (QED) is 0.902. The van der Waals surface area contributed by atoms with Gasteiger partial charge < -0.3 is 4.74 Å². The topological polar surface area (TPSA) is 82.3 Å². The predicted octanol–water partition coefficient (Wildman–Crippen LogP) is 1.03. The second-order valence-electron chi connectivity index (χ2n) is 3.31. The van der Waals surface area contributed by atoms with E-state index in [-0.39, 0.29) is 16.7 Å². The van der Waals surface area contributed by atoms with Gasteiger partial charge in [0.05, 0.1) is 16.8 Å². The highest BCUT2D eigenvalue weighted by Crippen LogP contribution is 2.33. The molecule has 2 N–H and O–H groups in total. The molecular weight excluding hydrogens is 284 g/mol. The number of aromatic nitrogens is 1. The van der Waals surface area contributed by atoms with E-state index in [1.807, 2.05) is 0 Å². The maximum absolute atomic E-state index is 11.3. The maximum atomic E-state index is 11.3. The third-order valence-electron chi connectivity index (χ3n) is 1.92. The Morgan fingerprint density at radius 2 is 2.13 bits per heavy atom. The summed E-state index contributed by atoms with van der Waals surface area (Å²) in [5.41, 5.74) is 0. The van der Waals surface area contributed by atoms with Crippen molar-refractivity contribution in [3.8, 4) is 5.75 Å². The summed E-state index contributed by atoms with van der Waals surface area (Å²) in [4.78, 5) is 3.81. The van der Waals surface area contributed by atoms with Gasteiger partial charge in [0.15, 0.2) is 5.75 Å². The lowest BCUT2D eigenvalue weighted by atomic mass is 10.4. The minimum Gasteiger partial charge on any atom is -0.487 e. The van der Waals surface area contributed by atoms with Gasteiger partial charge in [-0.15, -0.1) is 0 Å². The van der Waals surface area contributed by atoms with Gasteiger partial charge in [0.25, 0.3) is 0 Å². The Labute approximate surface area is 95.8 Å². The van der Waals surface area contributed by atoms with Gasteiger partial charge in [-0.05, 0) is 28.8 Å². The van der Waals surface area contributed by atoms with Crippen LogP contribution in [0.1, 0.15) is 12.8 Å². The molecule has 0 unspecified atom stereocenters. The molecule has 0 spiro atoms. The minimum atomic E-state index is -3.79. The second-order valence-corrected chi connectivity index (χ2v) is 5.66. The van der Waals surface area contributed by atoms with Crippen LogP contribution in [0.2, 0.25) is 0 Å². The van der Waals surface area contributed by atoms with Crippen molar-refractivity contribution in [3.63, 3.8) is 0 Å². The molecule has 1 fully saturated rings. The predicted molar refractivity (Wildman–Crippen MR) is 57.0 cm³/mol. The van der Waals surface area contributed by atoms with E-state index in [1.165, 1.54) is 12.4 Å². The number of primary sulfonamides is 1. The third-order valence-corrected chi connectivity index (χ3v) is 3.78. The molecule has 0 aliphatic heterocycles. The van der Waals surface area contributed by atoms with Gasteiger partial charge in [-0.3, -0.25) is 4.98 Å². The van der Waals surface area contributed by atoms with Crippen molar-refractivity contribution in [1.29, 1.82) is 0 Å². The molecule has 0 aromatic carbocycles. The van der Waals surface area contributed by atoms with Crippen LogP contribution >= 0.6 is 15.9 Å². The Morgan fingerprint density at radius 3 is 2.67 bits per heavy atom. The van der Waals surface area contributed by atoms with Gasteiger partial charge in [0, 0.05) is 6.20 Å². The zero-order chi connectivity index (χ0) is 11.1. The smallest absolute Gasteiger partial charge is 0.242 e. The Hall–Kier alpha value is -0.660. The largest absolute Gasteiger partial charge is 0.487 e.